The van der Waals surface area contributed by atoms with Gasteiger partial charge >= 0.3 is 0 Å². The van der Waals surface area contributed by atoms with Gasteiger partial charge in [0, 0.05) is 36.2 Å². The number of ether oxygens (including phenoxy) is 4. The van der Waals surface area contributed by atoms with E-state index in [1.165, 1.54) is 57.6 Å². The van der Waals surface area contributed by atoms with Crippen LogP contribution >= 0.6 is 11.6 Å². The number of hydrogen-bond donors (Lipinski definition) is 1. The molecule has 0 aromatic heterocycles. The molecule has 272 valence electrons. The number of anilines is 1. The molecule has 4 aromatic carbocycles. The van der Waals surface area contributed by atoms with Crippen molar-refractivity contribution >= 4 is 39.1 Å². The van der Waals surface area contributed by atoms with Crippen LogP contribution in [0.15, 0.2) is 95.9 Å². The second kappa shape index (κ2) is 17.8. The smallest absolute Gasteiger partial charge is 0.265 e. The van der Waals surface area contributed by atoms with Gasteiger partial charge in [0.2, 0.25) is 11.8 Å². The number of carbonyl (C=O) groups is 2. The summed E-state index contributed by atoms with van der Waals surface area (Å²) in [7, 11) is 1.15. The minimum atomic E-state index is -4.52. The Morgan fingerprint density at radius 2 is 1.45 bits per heavy atom. The zero-order valence-corrected chi connectivity index (χ0v) is 31.2. The van der Waals surface area contributed by atoms with Crippen LogP contribution < -0.4 is 28.6 Å². The third-order valence-corrected chi connectivity index (χ3v) is 10.6. The molecule has 0 aliphatic rings. The first-order chi connectivity index (χ1) is 24.5. The van der Waals surface area contributed by atoms with E-state index in [1.807, 2.05) is 44.2 Å². The van der Waals surface area contributed by atoms with E-state index < -0.39 is 28.5 Å². The van der Waals surface area contributed by atoms with Gasteiger partial charge in [0.05, 0.1) is 39.0 Å². The molecule has 4 aromatic rings. The molecule has 0 bridgehead atoms. The number of benzene rings is 4. The lowest BCUT2D eigenvalue weighted by Gasteiger charge is -2.34. The summed E-state index contributed by atoms with van der Waals surface area (Å²) < 4.78 is 52.1. The molecule has 0 saturated carbocycles. The highest BCUT2D eigenvalue weighted by atomic mass is 35.5. The third kappa shape index (κ3) is 9.44. The van der Waals surface area contributed by atoms with E-state index in [1.54, 1.807) is 36.4 Å². The van der Waals surface area contributed by atoms with Gasteiger partial charge in [-0.25, -0.2) is 8.42 Å². The first kappa shape index (κ1) is 38.9. The maximum atomic E-state index is 14.9. The second-order valence-corrected chi connectivity index (χ2v) is 14.0. The van der Waals surface area contributed by atoms with Crippen LogP contribution in [0.25, 0.3) is 0 Å². The highest BCUT2D eigenvalue weighted by molar-refractivity contribution is 7.92. The minimum Gasteiger partial charge on any atom is -0.497 e. The minimum absolute atomic E-state index is 0.0429. The topological polar surface area (TPSA) is 124 Å². The SMILES string of the molecule is CC[C@@H](C)NC(=O)[C@H](Cc1ccccc1)N(Cc1ccccc1Cl)C(=O)CN(c1cc(OC)ccc1OC)S(=O)(=O)c1ccc(OC)c(OC)c1. The van der Waals surface area contributed by atoms with Crippen LogP contribution in [0.1, 0.15) is 31.4 Å². The van der Waals surface area contributed by atoms with Crippen LogP contribution in [-0.4, -0.2) is 72.2 Å². The number of nitrogens with zero attached hydrogens (tertiary/aromatic N) is 2. The first-order valence-corrected chi connectivity index (χ1v) is 18.1. The summed E-state index contributed by atoms with van der Waals surface area (Å²) >= 11 is 6.61. The number of amides is 2. The summed E-state index contributed by atoms with van der Waals surface area (Å²) in [4.78, 5) is 30.2. The molecule has 0 spiro atoms. The molecule has 1 N–H and O–H groups in total. The summed E-state index contributed by atoms with van der Waals surface area (Å²) in [6.07, 6.45) is 0.819. The first-order valence-electron chi connectivity index (χ1n) is 16.3. The van der Waals surface area contributed by atoms with Gasteiger partial charge in [-0.1, -0.05) is 67.1 Å². The van der Waals surface area contributed by atoms with Crippen molar-refractivity contribution < 1.29 is 37.0 Å². The van der Waals surface area contributed by atoms with Gasteiger partial charge in [0.15, 0.2) is 11.5 Å². The lowest BCUT2D eigenvalue weighted by molar-refractivity contribution is -0.140. The fourth-order valence-electron chi connectivity index (χ4n) is 5.41. The van der Waals surface area contributed by atoms with Crippen LogP contribution in [-0.2, 0) is 32.6 Å². The monoisotopic (exact) mass is 737 g/mol. The van der Waals surface area contributed by atoms with Crippen molar-refractivity contribution in [3.63, 3.8) is 0 Å². The Labute approximate surface area is 305 Å². The lowest BCUT2D eigenvalue weighted by atomic mass is 10.0. The maximum Gasteiger partial charge on any atom is 0.265 e. The predicted octanol–water partition coefficient (Wildman–Crippen LogP) is 6.12. The molecule has 51 heavy (non-hydrogen) atoms. The van der Waals surface area contributed by atoms with Gasteiger partial charge in [-0.2, -0.15) is 0 Å². The van der Waals surface area contributed by atoms with Crippen LogP contribution in [0.4, 0.5) is 5.69 Å². The molecule has 0 aliphatic carbocycles. The Bertz CT molecular complexity index is 1910. The van der Waals surface area contributed by atoms with Crippen LogP contribution in [0.5, 0.6) is 23.0 Å². The molecule has 13 heteroatoms. The van der Waals surface area contributed by atoms with Gasteiger partial charge in [-0.3, -0.25) is 13.9 Å². The number of carbonyl (C=O) groups excluding carboxylic acids is 2. The number of sulfonamides is 1. The highest BCUT2D eigenvalue weighted by Gasteiger charge is 2.36. The molecule has 4 rings (SSSR count). The van der Waals surface area contributed by atoms with Crippen molar-refractivity contribution in [3.05, 3.63) is 107 Å². The Morgan fingerprint density at radius 3 is 2.08 bits per heavy atom. The van der Waals surface area contributed by atoms with E-state index in [4.69, 9.17) is 30.5 Å². The average molecular weight is 738 g/mol. The van der Waals surface area contributed by atoms with Crippen molar-refractivity contribution in [2.24, 2.45) is 0 Å². The molecule has 0 aliphatic heterocycles. The summed E-state index contributed by atoms with van der Waals surface area (Å²) in [5.41, 5.74) is 1.43. The largest absolute Gasteiger partial charge is 0.497 e. The van der Waals surface area contributed by atoms with Crippen molar-refractivity contribution in [2.75, 3.05) is 39.3 Å². The predicted molar refractivity (Wildman–Crippen MR) is 197 cm³/mol. The summed E-state index contributed by atoms with van der Waals surface area (Å²) in [6.45, 7) is 3.03. The van der Waals surface area contributed by atoms with E-state index in [-0.39, 0.29) is 47.0 Å². The number of methoxy groups -OCH3 is 4. The zero-order valence-electron chi connectivity index (χ0n) is 29.6. The number of nitrogens with one attached hydrogen (secondary N) is 1. The molecule has 0 saturated heterocycles. The Morgan fingerprint density at radius 1 is 0.804 bits per heavy atom. The molecule has 11 nitrogen and oxygen atoms in total. The standard InChI is InChI=1S/C38H44ClN3O8S/c1-7-26(2)40-38(44)33(21-27-13-9-8-10-14-27)41(24-28-15-11-12-16-31(28)39)37(43)25-42(32-22-29(47-3)17-19-34(32)48-4)51(45,46)30-18-20-35(49-5)36(23-30)50-6/h8-20,22-23,26,33H,7,21,24-25H2,1-6H3,(H,40,44)/t26-,33+/m1/s1. The molecule has 2 atom stereocenters. The Kier molecular flexibility index (Phi) is 13.6. The third-order valence-electron chi connectivity index (χ3n) is 8.45. The lowest BCUT2D eigenvalue weighted by Crippen LogP contribution is -2.54. The number of rotatable bonds is 17. The molecule has 0 heterocycles. The average Bonchev–Trinajstić information content (AvgIpc) is 3.15. The quantitative estimate of drug-likeness (QED) is 0.138. The van der Waals surface area contributed by atoms with Crippen molar-refractivity contribution in [2.45, 2.75) is 50.2 Å². The molecular weight excluding hydrogens is 694 g/mol. The van der Waals surface area contributed by atoms with Crippen LogP contribution in [0.2, 0.25) is 5.02 Å². The fraction of sp³-hybridized carbons (Fsp3) is 0.316. The summed E-state index contributed by atoms with van der Waals surface area (Å²) in [5, 5.41) is 3.41. The van der Waals surface area contributed by atoms with E-state index in [0.29, 0.717) is 28.5 Å². The van der Waals surface area contributed by atoms with Crippen molar-refractivity contribution in [1.82, 2.24) is 10.2 Å². The van der Waals surface area contributed by atoms with Gasteiger partial charge < -0.3 is 29.2 Å². The van der Waals surface area contributed by atoms with Gasteiger partial charge in [-0.05, 0) is 54.8 Å². The Hall–Kier alpha value is -4.94. The number of hydrogen-bond acceptors (Lipinski definition) is 8. The Balaban J connectivity index is 1.91. The molecule has 0 radical (unpaired) electrons. The fourth-order valence-corrected chi connectivity index (χ4v) is 7.04. The van der Waals surface area contributed by atoms with Crippen LogP contribution in [0.3, 0.4) is 0 Å². The second-order valence-electron chi connectivity index (χ2n) is 11.7. The van der Waals surface area contributed by atoms with Crippen molar-refractivity contribution in [3.8, 4) is 23.0 Å². The molecular formula is C38H44ClN3O8S. The summed E-state index contributed by atoms with van der Waals surface area (Å²) in [5.74, 6) is -0.0624. The maximum absolute atomic E-state index is 14.9. The van der Waals surface area contributed by atoms with Gasteiger partial charge in [0.25, 0.3) is 10.0 Å². The molecule has 2 amide bonds. The highest BCUT2D eigenvalue weighted by Crippen LogP contribution is 2.38. The van der Waals surface area contributed by atoms with E-state index >= 15 is 0 Å². The van der Waals surface area contributed by atoms with Gasteiger partial charge in [-0.15, -0.1) is 0 Å². The normalized spacial score (nSPS) is 12.3. The zero-order chi connectivity index (χ0) is 37.1. The van der Waals surface area contributed by atoms with Crippen LogP contribution in [0, 0.1) is 0 Å². The van der Waals surface area contributed by atoms with E-state index in [9.17, 15) is 18.0 Å². The molecule has 0 unspecified atom stereocenters. The molecule has 0 fully saturated rings. The van der Waals surface area contributed by atoms with E-state index in [0.717, 1.165) is 9.87 Å². The van der Waals surface area contributed by atoms with E-state index in [2.05, 4.69) is 5.32 Å². The van der Waals surface area contributed by atoms with Gasteiger partial charge in [0.1, 0.15) is 24.1 Å². The number of halogens is 1. The van der Waals surface area contributed by atoms with Crippen molar-refractivity contribution in [1.29, 1.82) is 0 Å². The summed E-state index contributed by atoms with van der Waals surface area (Å²) in [6, 6.07) is 23.9.